The van der Waals surface area contributed by atoms with E-state index >= 15 is 0 Å². The lowest BCUT2D eigenvalue weighted by molar-refractivity contribution is -0.137. The van der Waals surface area contributed by atoms with E-state index < -0.39 is 10.0 Å². The summed E-state index contributed by atoms with van der Waals surface area (Å²) in [5, 5.41) is 0. The van der Waals surface area contributed by atoms with Crippen molar-refractivity contribution in [1.82, 2.24) is 9.21 Å². The highest BCUT2D eigenvalue weighted by Gasteiger charge is 2.37. The first-order chi connectivity index (χ1) is 12.8. The summed E-state index contributed by atoms with van der Waals surface area (Å²) in [4.78, 5) is 15.1. The van der Waals surface area contributed by atoms with Gasteiger partial charge in [-0.2, -0.15) is 0 Å². The number of hydrogen-bond donors (Lipinski definition) is 0. The van der Waals surface area contributed by atoms with E-state index in [-0.39, 0.29) is 24.4 Å². The first-order valence-corrected chi connectivity index (χ1v) is 11.2. The summed E-state index contributed by atoms with van der Waals surface area (Å²) in [6.45, 7) is 1.49. The Kier molecular flexibility index (Phi) is 5.95. The highest BCUT2D eigenvalue weighted by molar-refractivity contribution is 7.88. The van der Waals surface area contributed by atoms with Gasteiger partial charge in [0, 0.05) is 19.6 Å². The van der Waals surface area contributed by atoms with Crippen LogP contribution in [0.5, 0.6) is 11.5 Å². The van der Waals surface area contributed by atoms with E-state index in [1.54, 1.807) is 14.2 Å². The molecule has 1 amide bonds. The highest BCUT2D eigenvalue weighted by atomic mass is 32.2. The maximum atomic E-state index is 13.2. The molecule has 27 heavy (non-hydrogen) atoms. The lowest BCUT2D eigenvalue weighted by Crippen LogP contribution is -2.46. The molecule has 0 unspecified atom stereocenters. The normalized spacial score (nSPS) is 24.0. The van der Waals surface area contributed by atoms with E-state index in [4.69, 9.17) is 9.47 Å². The van der Waals surface area contributed by atoms with Crippen LogP contribution in [-0.2, 0) is 14.8 Å². The molecule has 0 bridgehead atoms. The van der Waals surface area contributed by atoms with Gasteiger partial charge in [0.1, 0.15) is 0 Å². The topological polar surface area (TPSA) is 76.2 Å². The lowest BCUT2D eigenvalue weighted by atomic mass is 9.96. The molecule has 2 atom stereocenters. The molecule has 2 aliphatic heterocycles. The van der Waals surface area contributed by atoms with Crippen LogP contribution in [-0.4, -0.2) is 63.6 Å². The third kappa shape index (κ3) is 4.21. The first kappa shape index (κ1) is 19.9. The molecule has 0 saturated carbocycles. The minimum absolute atomic E-state index is 0.00841. The molecular weight excluding hydrogens is 368 g/mol. The summed E-state index contributed by atoms with van der Waals surface area (Å²) in [5.41, 5.74) is 1.02. The number of nitrogens with zero attached hydrogens (tertiary/aromatic N) is 2. The Morgan fingerprint density at radius 1 is 1.07 bits per heavy atom. The summed E-state index contributed by atoms with van der Waals surface area (Å²) < 4.78 is 35.9. The predicted octanol–water partition coefficient (Wildman–Crippen LogP) is 2.04. The number of benzene rings is 1. The smallest absolute Gasteiger partial charge is 0.227 e. The molecule has 0 spiro atoms. The molecular formula is C19H28N2O5S. The lowest BCUT2D eigenvalue weighted by Gasteiger charge is -2.34. The summed E-state index contributed by atoms with van der Waals surface area (Å²) in [7, 11) is -0.0711. The average molecular weight is 397 g/mol. The van der Waals surface area contributed by atoms with Crippen LogP contribution in [0.25, 0.3) is 0 Å². The Bertz CT molecular complexity index is 795. The highest BCUT2D eigenvalue weighted by Crippen LogP contribution is 2.38. The van der Waals surface area contributed by atoms with E-state index in [1.807, 2.05) is 23.1 Å². The molecule has 2 heterocycles. The maximum Gasteiger partial charge on any atom is 0.227 e. The standard InChI is InChI=1S/C19H28N2O5S/c1-25-17-9-8-14(12-18(17)26-2)16-7-5-11-21(16)19(22)15-6-4-10-20(13-15)27(3,23)24/h8-9,12,15-16H,4-7,10-11,13H2,1-3H3/t15-,16-/m1/s1. The van der Waals surface area contributed by atoms with Crippen molar-refractivity contribution < 1.29 is 22.7 Å². The molecule has 2 fully saturated rings. The monoisotopic (exact) mass is 396 g/mol. The SMILES string of the molecule is COc1ccc([C@H]2CCCN2C(=O)[C@@H]2CCCN(S(C)(=O)=O)C2)cc1OC. The number of likely N-dealkylation sites (tertiary alicyclic amines) is 1. The molecule has 7 nitrogen and oxygen atoms in total. The third-order valence-electron chi connectivity index (χ3n) is 5.53. The summed E-state index contributed by atoms with van der Waals surface area (Å²) in [6.07, 6.45) is 4.50. The molecule has 1 aromatic rings. The summed E-state index contributed by atoms with van der Waals surface area (Å²) in [6, 6.07) is 5.76. The number of hydrogen-bond acceptors (Lipinski definition) is 5. The van der Waals surface area contributed by atoms with Crippen molar-refractivity contribution >= 4 is 15.9 Å². The fourth-order valence-electron chi connectivity index (χ4n) is 4.12. The number of rotatable bonds is 5. The van der Waals surface area contributed by atoms with E-state index in [0.29, 0.717) is 24.6 Å². The molecule has 8 heteroatoms. The number of methoxy groups -OCH3 is 2. The molecule has 0 aromatic heterocycles. The van der Waals surface area contributed by atoms with Crippen LogP contribution in [0.4, 0.5) is 0 Å². The van der Waals surface area contributed by atoms with Crippen LogP contribution in [0, 0.1) is 5.92 Å². The van der Waals surface area contributed by atoms with Gasteiger partial charge >= 0.3 is 0 Å². The van der Waals surface area contributed by atoms with Gasteiger partial charge in [0.15, 0.2) is 11.5 Å². The second-order valence-corrected chi connectivity index (χ2v) is 9.25. The second kappa shape index (κ2) is 8.06. The maximum absolute atomic E-state index is 13.2. The molecule has 0 aliphatic carbocycles. The van der Waals surface area contributed by atoms with Crippen LogP contribution >= 0.6 is 0 Å². The molecule has 1 aromatic carbocycles. The van der Waals surface area contributed by atoms with Crippen LogP contribution in [0.2, 0.25) is 0 Å². The number of ether oxygens (including phenoxy) is 2. The van der Waals surface area contributed by atoms with Gasteiger partial charge in [0.05, 0.1) is 32.4 Å². The van der Waals surface area contributed by atoms with Crippen molar-refractivity contribution in [2.24, 2.45) is 5.92 Å². The van der Waals surface area contributed by atoms with Gasteiger partial charge in [-0.3, -0.25) is 4.79 Å². The summed E-state index contributed by atoms with van der Waals surface area (Å²) in [5.74, 6) is 1.10. The van der Waals surface area contributed by atoms with Crippen LogP contribution < -0.4 is 9.47 Å². The van der Waals surface area contributed by atoms with E-state index in [9.17, 15) is 13.2 Å². The zero-order valence-electron chi connectivity index (χ0n) is 16.2. The molecule has 0 radical (unpaired) electrons. The van der Waals surface area contributed by atoms with E-state index in [0.717, 1.165) is 31.2 Å². The van der Waals surface area contributed by atoms with Crippen molar-refractivity contribution in [2.75, 3.05) is 40.1 Å². The first-order valence-electron chi connectivity index (χ1n) is 9.32. The van der Waals surface area contributed by atoms with Gasteiger partial charge in [-0.05, 0) is 43.4 Å². The largest absolute Gasteiger partial charge is 0.493 e. The third-order valence-corrected chi connectivity index (χ3v) is 6.80. The number of carbonyl (C=O) groups excluding carboxylic acids is 1. The Morgan fingerprint density at radius 3 is 2.44 bits per heavy atom. The fourth-order valence-corrected chi connectivity index (χ4v) is 5.03. The quantitative estimate of drug-likeness (QED) is 0.761. The Balaban J connectivity index is 1.79. The Morgan fingerprint density at radius 2 is 1.78 bits per heavy atom. The number of carbonyl (C=O) groups is 1. The minimum atomic E-state index is -3.27. The van der Waals surface area contributed by atoms with Crippen molar-refractivity contribution in [3.05, 3.63) is 23.8 Å². The van der Waals surface area contributed by atoms with Gasteiger partial charge in [0.25, 0.3) is 0 Å². The average Bonchev–Trinajstić information content (AvgIpc) is 3.16. The van der Waals surface area contributed by atoms with Crippen molar-refractivity contribution in [3.63, 3.8) is 0 Å². The van der Waals surface area contributed by atoms with Crippen molar-refractivity contribution in [2.45, 2.75) is 31.7 Å². The van der Waals surface area contributed by atoms with Gasteiger partial charge < -0.3 is 14.4 Å². The van der Waals surface area contributed by atoms with Gasteiger partial charge in [-0.25, -0.2) is 12.7 Å². The minimum Gasteiger partial charge on any atom is -0.493 e. The van der Waals surface area contributed by atoms with E-state index in [1.165, 1.54) is 10.6 Å². The van der Waals surface area contributed by atoms with Crippen molar-refractivity contribution in [3.8, 4) is 11.5 Å². The van der Waals surface area contributed by atoms with Crippen LogP contribution in [0.15, 0.2) is 18.2 Å². The molecule has 0 N–H and O–H groups in total. The van der Waals surface area contributed by atoms with E-state index in [2.05, 4.69) is 0 Å². The fraction of sp³-hybridized carbons (Fsp3) is 0.632. The predicted molar refractivity (Wildman–Crippen MR) is 102 cm³/mol. The number of piperidine rings is 1. The Hall–Kier alpha value is -1.80. The zero-order valence-corrected chi connectivity index (χ0v) is 17.0. The van der Waals surface area contributed by atoms with Crippen LogP contribution in [0.1, 0.15) is 37.3 Å². The Labute approximate surface area is 161 Å². The summed E-state index contributed by atoms with van der Waals surface area (Å²) >= 11 is 0. The molecule has 2 saturated heterocycles. The number of sulfonamides is 1. The molecule has 3 rings (SSSR count). The molecule has 2 aliphatic rings. The molecule has 150 valence electrons. The van der Waals surface area contributed by atoms with Gasteiger partial charge in [-0.15, -0.1) is 0 Å². The van der Waals surface area contributed by atoms with Gasteiger partial charge in [-0.1, -0.05) is 6.07 Å². The van der Waals surface area contributed by atoms with Crippen molar-refractivity contribution in [1.29, 1.82) is 0 Å². The van der Waals surface area contributed by atoms with Crippen LogP contribution in [0.3, 0.4) is 0 Å². The van der Waals surface area contributed by atoms with Gasteiger partial charge in [0.2, 0.25) is 15.9 Å². The zero-order chi connectivity index (χ0) is 19.6. The number of amides is 1. The second-order valence-electron chi connectivity index (χ2n) is 7.26.